The highest BCUT2D eigenvalue weighted by Gasteiger charge is 2.31. The van der Waals surface area contributed by atoms with E-state index in [9.17, 15) is 4.79 Å². The van der Waals surface area contributed by atoms with Gasteiger partial charge < -0.3 is 9.64 Å². The summed E-state index contributed by atoms with van der Waals surface area (Å²) in [6, 6.07) is 4.17. The maximum absolute atomic E-state index is 12.4. The standard InChI is InChI=1S/C16H24N2O2S/c1-16(2,3)20-15(19)18-10-6-5-7-13(18)12-8-9-14(21-4)17-11-12/h8-9,11,13H,5-7,10H2,1-4H3/t13-/m1/s1. The maximum atomic E-state index is 12.4. The Bertz CT molecular complexity index is 482. The third-order valence-electron chi connectivity index (χ3n) is 3.48. The van der Waals surface area contributed by atoms with Crippen LogP contribution < -0.4 is 0 Å². The van der Waals surface area contributed by atoms with Crippen molar-refractivity contribution in [1.29, 1.82) is 0 Å². The first kappa shape index (κ1) is 16.1. The van der Waals surface area contributed by atoms with Gasteiger partial charge in [0.1, 0.15) is 5.60 Å². The smallest absolute Gasteiger partial charge is 0.410 e. The lowest BCUT2D eigenvalue weighted by Crippen LogP contribution is -2.41. The largest absolute Gasteiger partial charge is 0.444 e. The molecule has 21 heavy (non-hydrogen) atoms. The number of nitrogens with zero attached hydrogens (tertiary/aromatic N) is 2. The van der Waals surface area contributed by atoms with Gasteiger partial charge in [-0.1, -0.05) is 6.07 Å². The third-order valence-corrected chi connectivity index (χ3v) is 4.14. The van der Waals surface area contributed by atoms with Crippen molar-refractivity contribution in [2.24, 2.45) is 0 Å². The number of carbonyl (C=O) groups is 1. The Hall–Kier alpha value is -1.23. The molecule has 4 nitrogen and oxygen atoms in total. The second-order valence-electron chi connectivity index (χ2n) is 6.32. The number of amides is 1. The second kappa shape index (κ2) is 6.69. The molecule has 0 saturated carbocycles. The van der Waals surface area contributed by atoms with Gasteiger partial charge in [0.2, 0.25) is 0 Å². The molecule has 1 aliphatic heterocycles. The van der Waals surface area contributed by atoms with E-state index in [4.69, 9.17) is 4.74 Å². The molecule has 0 radical (unpaired) electrons. The number of piperidine rings is 1. The number of rotatable bonds is 2. The van der Waals surface area contributed by atoms with Gasteiger partial charge in [0.25, 0.3) is 0 Å². The molecule has 2 rings (SSSR count). The molecular weight excluding hydrogens is 284 g/mol. The normalized spacial score (nSPS) is 19.4. The lowest BCUT2D eigenvalue weighted by Gasteiger charge is -2.36. The number of hydrogen-bond donors (Lipinski definition) is 0. The Morgan fingerprint density at radius 3 is 2.71 bits per heavy atom. The Kier molecular flexibility index (Phi) is 5.14. The summed E-state index contributed by atoms with van der Waals surface area (Å²) in [5.74, 6) is 0. The molecule has 0 aliphatic carbocycles. The molecule has 2 heterocycles. The van der Waals surface area contributed by atoms with Crippen LogP contribution in [-0.4, -0.2) is 34.4 Å². The Balaban J connectivity index is 2.16. The molecule has 1 aromatic heterocycles. The quantitative estimate of drug-likeness (QED) is 0.765. The number of thioether (sulfide) groups is 1. The van der Waals surface area contributed by atoms with Crippen LogP contribution in [0.1, 0.15) is 51.6 Å². The van der Waals surface area contributed by atoms with Gasteiger partial charge in [0.05, 0.1) is 11.1 Å². The van der Waals surface area contributed by atoms with Crippen LogP contribution in [-0.2, 0) is 4.74 Å². The minimum absolute atomic E-state index is 0.0806. The van der Waals surface area contributed by atoms with Crippen molar-refractivity contribution in [2.75, 3.05) is 12.8 Å². The van der Waals surface area contributed by atoms with E-state index in [-0.39, 0.29) is 12.1 Å². The fourth-order valence-electron chi connectivity index (χ4n) is 2.53. The summed E-state index contributed by atoms with van der Waals surface area (Å²) in [6.45, 7) is 6.46. The first-order valence-corrected chi connectivity index (χ1v) is 8.63. The van der Waals surface area contributed by atoms with Crippen molar-refractivity contribution in [3.63, 3.8) is 0 Å². The zero-order chi connectivity index (χ0) is 15.5. The maximum Gasteiger partial charge on any atom is 0.410 e. The van der Waals surface area contributed by atoms with Crippen molar-refractivity contribution >= 4 is 17.9 Å². The highest BCUT2D eigenvalue weighted by molar-refractivity contribution is 7.98. The zero-order valence-electron chi connectivity index (χ0n) is 13.3. The van der Waals surface area contributed by atoms with E-state index in [2.05, 4.69) is 11.1 Å². The number of aromatic nitrogens is 1. The first-order valence-electron chi connectivity index (χ1n) is 7.40. The molecule has 116 valence electrons. The van der Waals surface area contributed by atoms with Crippen LogP contribution in [0.5, 0.6) is 0 Å². The van der Waals surface area contributed by atoms with Crippen LogP contribution in [0.4, 0.5) is 4.79 Å². The summed E-state index contributed by atoms with van der Waals surface area (Å²) in [6.07, 6.45) is 6.82. The summed E-state index contributed by atoms with van der Waals surface area (Å²) in [5.41, 5.74) is 0.637. The van der Waals surface area contributed by atoms with E-state index in [1.165, 1.54) is 0 Å². The summed E-state index contributed by atoms with van der Waals surface area (Å²) in [7, 11) is 0. The lowest BCUT2D eigenvalue weighted by molar-refractivity contribution is 0.00947. The fourth-order valence-corrected chi connectivity index (χ4v) is 2.89. The topological polar surface area (TPSA) is 42.4 Å². The summed E-state index contributed by atoms with van der Waals surface area (Å²) >= 11 is 1.62. The molecule has 0 bridgehead atoms. The molecule has 5 heteroatoms. The first-order chi connectivity index (χ1) is 9.90. The van der Waals surface area contributed by atoms with Crippen LogP contribution in [0.3, 0.4) is 0 Å². The minimum atomic E-state index is -0.458. The Morgan fingerprint density at radius 2 is 2.14 bits per heavy atom. The number of carbonyl (C=O) groups excluding carboxylic acids is 1. The second-order valence-corrected chi connectivity index (χ2v) is 7.15. The van der Waals surface area contributed by atoms with E-state index >= 15 is 0 Å². The predicted molar refractivity (Wildman–Crippen MR) is 85.6 cm³/mol. The van der Waals surface area contributed by atoms with Crippen LogP contribution >= 0.6 is 11.8 Å². The molecule has 0 unspecified atom stereocenters. The Morgan fingerprint density at radius 1 is 1.38 bits per heavy atom. The van der Waals surface area contributed by atoms with E-state index < -0.39 is 5.60 Å². The number of likely N-dealkylation sites (tertiary alicyclic amines) is 1. The monoisotopic (exact) mass is 308 g/mol. The van der Waals surface area contributed by atoms with Crippen LogP contribution in [0.2, 0.25) is 0 Å². The van der Waals surface area contributed by atoms with Gasteiger partial charge in [-0.2, -0.15) is 0 Å². The van der Waals surface area contributed by atoms with Crippen molar-refractivity contribution in [1.82, 2.24) is 9.88 Å². The van der Waals surface area contributed by atoms with E-state index in [0.717, 1.165) is 36.4 Å². The van der Waals surface area contributed by atoms with E-state index in [0.29, 0.717) is 0 Å². The molecule has 1 saturated heterocycles. The van der Waals surface area contributed by atoms with Gasteiger partial charge >= 0.3 is 6.09 Å². The van der Waals surface area contributed by atoms with Gasteiger partial charge in [-0.25, -0.2) is 9.78 Å². The van der Waals surface area contributed by atoms with Crippen LogP contribution in [0, 0.1) is 0 Å². The molecule has 0 spiro atoms. The number of ether oxygens (including phenoxy) is 1. The molecule has 0 aromatic carbocycles. The lowest BCUT2D eigenvalue weighted by atomic mass is 9.97. The zero-order valence-corrected chi connectivity index (χ0v) is 14.1. The summed E-state index contributed by atoms with van der Waals surface area (Å²) in [5, 5.41) is 0.998. The van der Waals surface area contributed by atoms with Gasteiger partial charge in [-0.15, -0.1) is 11.8 Å². The van der Waals surface area contributed by atoms with Crippen LogP contribution in [0.15, 0.2) is 23.4 Å². The van der Waals surface area contributed by atoms with E-state index in [1.54, 1.807) is 11.8 Å². The van der Waals surface area contributed by atoms with Crippen molar-refractivity contribution in [3.05, 3.63) is 23.9 Å². The number of hydrogen-bond acceptors (Lipinski definition) is 4. The fraction of sp³-hybridized carbons (Fsp3) is 0.625. The van der Waals surface area contributed by atoms with Gasteiger partial charge in [0, 0.05) is 12.7 Å². The van der Waals surface area contributed by atoms with Crippen molar-refractivity contribution < 1.29 is 9.53 Å². The number of pyridine rings is 1. The van der Waals surface area contributed by atoms with Gasteiger partial charge in [0.15, 0.2) is 0 Å². The minimum Gasteiger partial charge on any atom is -0.444 e. The summed E-state index contributed by atoms with van der Waals surface area (Å²) in [4.78, 5) is 18.7. The molecule has 1 aliphatic rings. The SMILES string of the molecule is CSc1ccc([C@H]2CCCCN2C(=O)OC(C)(C)C)cn1. The van der Waals surface area contributed by atoms with E-state index in [1.807, 2.05) is 44.2 Å². The van der Waals surface area contributed by atoms with Crippen molar-refractivity contribution in [2.45, 2.75) is 56.7 Å². The highest BCUT2D eigenvalue weighted by atomic mass is 32.2. The molecule has 1 atom stereocenters. The molecule has 0 N–H and O–H groups in total. The molecular formula is C16H24N2O2S. The van der Waals surface area contributed by atoms with Gasteiger partial charge in [-0.05, 0) is 57.9 Å². The van der Waals surface area contributed by atoms with Crippen molar-refractivity contribution in [3.8, 4) is 0 Å². The van der Waals surface area contributed by atoms with Crippen LogP contribution in [0.25, 0.3) is 0 Å². The highest BCUT2D eigenvalue weighted by Crippen LogP contribution is 2.32. The molecule has 1 amide bonds. The Labute approximate surface area is 131 Å². The third kappa shape index (κ3) is 4.37. The average molecular weight is 308 g/mol. The summed E-state index contributed by atoms with van der Waals surface area (Å²) < 4.78 is 5.54. The molecule has 1 aromatic rings. The van der Waals surface area contributed by atoms with Gasteiger partial charge in [-0.3, -0.25) is 0 Å². The molecule has 1 fully saturated rings. The predicted octanol–water partition coefficient (Wildman–Crippen LogP) is 4.27. The average Bonchev–Trinajstić information content (AvgIpc) is 2.45.